The van der Waals surface area contributed by atoms with E-state index in [1.54, 1.807) is 24.3 Å². The van der Waals surface area contributed by atoms with Gasteiger partial charge in [-0.25, -0.2) is 8.78 Å². The van der Waals surface area contributed by atoms with Gasteiger partial charge in [0.1, 0.15) is 11.6 Å². The number of anilines is 1. The highest BCUT2D eigenvalue weighted by Gasteiger charge is 2.07. The maximum atomic E-state index is 13.3. The fourth-order valence-electron chi connectivity index (χ4n) is 1.49. The average molecular weight is 219 g/mol. The Morgan fingerprint density at radius 2 is 1.38 bits per heavy atom. The summed E-state index contributed by atoms with van der Waals surface area (Å²) in [5, 5.41) is 0. The first-order chi connectivity index (χ1) is 7.58. The Labute approximate surface area is 92.5 Å². The second kappa shape index (κ2) is 3.93. The number of hydrogen-bond acceptors (Lipinski definition) is 1. The molecule has 3 heteroatoms. The monoisotopic (exact) mass is 219 g/mol. The molecule has 1 nitrogen and oxygen atoms in total. The van der Waals surface area contributed by atoms with Crippen LogP contribution in [-0.4, -0.2) is 0 Å². The van der Waals surface area contributed by atoms with Crippen molar-refractivity contribution in [2.24, 2.45) is 0 Å². The zero-order valence-electron chi connectivity index (χ0n) is 8.80. The molecule has 0 spiro atoms. The number of nitrogens with two attached hydrogens (primary N) is 1. The van der Waals surface area contributed by atoms with E-state index in [1.807, 2.05) is 0 Å². The smallest absolute Gasteiger partial charge is 0.129 e. The number of hydrogen-bond donors (Lipinski definition) is 1. The van der Waals surface area contributed by atoms with Gasteiger partial charge in [0.05, 0.1) is 0 Å². The van der Waals surface area contributed by atoms with Gasteiger partial charge in [-0.05, 0) is 42.3 Å². The highest BCUT2D eigenvalue weighted by atomic mass is 19.1. The van der Waals surface area contributed by atoms with Crippen molar-refractivity contribution in [2.45, 2.75) is 6.92 Å². The van der Waals surface area contributed by atoms with Crippen molar-refractivity contribution in [3.63, 3.8) is 0 Å². The van der Waals surface area contributed by atoms with E-state index in [4.69, 9.17) is 5.73 Å². The zero-order valence-corrected chi connectivity index (χ0v) is 8.80. The number of rotatable bonds is 1. The number of halogens is 2. The van der Waals surface area contributed by atoms with Gasteiger partial charge in [0, 0.05) is 11.3 Å². The van der Waals surface area contributed by atoms with Crippen LogP contribution in [0.5, 0.6) is 0 Å². The van der Waals surface area contributed by atoms with Gasteiger partial charge in [-0.1, -0.05) is 12.1 Å². The third-order valence-corrected chi connectivity index (χ3v) is 2.52. The van der Waals surface area contributed by atoms with Crippen LogP contribution in [0.15, 0.2) is 36.4 Å². The molecule has 0 fully saturated rings. The first kappa shape index (κ1) is 10.6. The topological polar surface area (TPSA) is 26.0 Å². The van der Waals surface area contributed by atoms with Crippen LogP contribution in [0.4, 0.5) is 14.5 Å². The normalized spacial score (nSPS) is 10.4. The van der Waals surface area contributed by atoms with Crippen LogP contribution < -0.4 is 5.73 Å². The van der Waals surface area contributed by atoms with Crippen LogP contribution in [0.3, 0.4) is 0 Å². The summed E-state index contributed by atoms with van der Waals surface area (Å²) in [6.07, 6.45) is 0. The summed E-state index contributed by atoms with van der Waals surface area (Å²) < 4.78 is 26.7. The van der Waals surface area contributed by atoms with Gasteiger partial charge in [-0.15, -0.1) is 0 Å². The van der Waals surface area contributed by atoms with E-state index in [9.17, 15) is 8.78 Å². The molecule has 82 valence electrons. The van der Waals surface area contributed by atoms with Gasteiger partial charge in [0.15, 0.2) is 0 Å². The largest absolute Gasteiger partial charge is 0.399 e. The Morgan fingerprint density at radius 1 is 0.875 bits per heavy atom. The molecule has 0 unspecified atom stereocenters. The molecule has 0 aromatic heterocycles. The summed E-state index contributed by atoms with van der Waals surface area (Å²) in [7, 11) is 0. The molecule has 0 saturated carbocycles. The van der Waals surface area contributed by atoms with E-state index in [0.717, 1.165) is 5.56 Å². The van der Waals surface area contributed by atoms with Gasteiger partial charge >= 0.3 is 0 Å². The Balaban J connectivity index is 2.52. The van der Waals surface area contributed by atoms with E-state index in [-0.39, 0.29) is 5.56 Å². The van der Waals surface area contributed by atoms with Crippen LogP contribution in [0.2, 0.25) is 0 Å². The third-order valence-electron chi connectivity index (χ3n) is 2.52. The van der Waals surface area contributed by atoms with E-state index < -0.39 is 11.6 Å². The SMILES string of the molecule is Cc1c(F)cc(-c2ccc(N)cc2)cc1F. The Bertz CT molecular complexity index is 495. The number of nitrogen functional groups attached to an aromatic ring is 1. The molecule has 2 rings (SSSR count). The van der Waals surface area contributed by atoms with Gasteiger partial charge in [-0.3, -0.25) is 0 Å². The molecule has 2 N–H and O–H groups in total. The lowest BCUT2D eigenvalue weighted by Crippen LogP contribution is -1.91. The van der Waals surface area contributed by atoms with Crippen LogP contribution in [-0.2, 0) is 0 Å². The van der Waals surface area contributed by atoms with Crippen molar-refractivity contribution in [1.29, 1.82) is 0 Å². The van der Waals surface area contributed by atoms with Crippen molar-refractivity contribution >= 4 is 5.69 Å². The summed E-state index contributed by atoms with van der Waals surface area (Å²) in [4.78, 5) is 0. The zero-order chi connectivity index (χ0) is 11.7. The van der Waals surface area contributed by atoms with Gasteiger partial charge in [0.2, 0.25) is 0 Å². The molecule has 0 amide bonds. The molecular formula is C13H11F2N. The lowest BCUT2D eigenvalue weighted by Gasteiger charge is -2.05. The molecule has 0 radical (unpaired) electrons. The lowest BCUT2D eigenvalue weighted by molar-refractivity contribution is 0.569. The van der Waals surface area contributed by atoms with Crippen LogP contribution in [0.1, 0.15) is 5.56 Å². The minimum atomic E-state index is -0.535. The predicted octanol–water partition coefficient (Wildman–Crippen LogP) is 3.52. The second-order valence-electron chi connectivity index (χ2n) is 3.69. The molecule has 0 aliphatic carbocycles. The van der Waals surface area contributed by atoms with Gasteiger partial charge in [-0.2, -0.15) is 0 Å². The summed E-state index contributed by atoms with van der Waals surface area (Å²) in [5.74, 6) is -1.07. The highest BCUT2D eigenvalue weighted by molar-refractivity contribution is 5.66. The Hall–Kier alpha value is -1.90. The minimum absolute atomic E-state index is 0.0409. The summed E-state index contributed by atoms with van der Waals surface area (Å²) in [5.41, 5.74) is 7.46. The van der Waals surface area contributed by atoms with E-state index in [2.05, 4.69) is 0 Å². The maximum Gasteiger partial charge on any atom is 0.129 e. The second-order valence-corrected chi connectivity index (χ2v) is 3.69. The lowest BCUT2D eigenvalue weighted by atomic mass is 10.0. The van der Waals surface area contributed by atoms with E-state index >= 15 is 0 Å². The first-order valence-corrected chi connectivity index (χ1v) is 4.89. The molecule has 0 heterocycles. The summed E-state index contributed by atoms with van der Waals surface area (Å²) in [6.45, 7) is 1.41. The van der Waals surface area contributed by atoms with Crippen molar-refractivity contribution in [1.82, 2.24) is 0 Å². The van der Waals surface area contributed by atoms with Crippen molar-refractivity contribution in [2.75, 3.05) is 5.73 Å². The molecule has 0 atom stereocenters. The number of benzene rings is 2. The summed E-state index contributed by atoms with van der Waals surface area (Å²) in [6, 6.07) is 9.52. The Morgan fingerprint density at radius 3 is 1.88 bits per heavy atom. The van der Waals surface area contributed by atoms with E-state index in [0.29, 0.717) is 11.3 Å². The van der Waals surface area contributed by atoms with E-state index in [1.165, 1.54) is 19.1 Å². The molecule has 0 aliphatic rings. The van der Waals surface area contributed by atoms with Gasteiger partial charge in [0.25, 0.3) is 0 Å². The van der Waals surface area contributed by atoms with Crippen molar-refractivity contribution in [3.8, 4) is 11.1 Å². The fraction of sp³-hybridized carbons (Fsp3) is 0.0769. The highest BCUT2D eigenvalue weighted by Crippen LogP contribution is 2.24. The van der Waals surface area contributed by atoms with Crippen molar-refractivity contribution in [3.05, 3.63) is 53.6 Å². The molecule has 2 aromatic rings. The predicted molar refractivity (Wildman–Crippen MR) is 60.9 cm³/mol. The molecule has 0 saturated heterocycles. The first-order valence-electron chi connectivity index (χ1n) is 4.89. The molecule has 0 aliphatic heterocycles. The standard InChI is InChI=1S/C13H11F2N/c1-8-12(14)6-10(7-13(8)15)9-2-4-11(16)5-3-9/h2-7H,16H2,1H3. The molecule has 16 heavy (non-hydrogen) atoms. The average Bonchev–Trinajstić information content (AvgIpc) is 2.26. The third kappa shape index (κ3) is 1.89. The minimum Gasteiger partial charge on any atom is -0.399 e. The molecular weight excluding hydrogens is 208 g/mol. The van der Waals surface area contributed by atoms with Crippen LogP contribution in [0, 0.1) is 18.6 Å². The van der Waals surface area contributed by atoms with Gasteiger partial charge < -0.3 is 5.73 Å². The van der Waals surface area contributed by atoms with Crippen LogP contribution >= 0.6 is 0 Å². The Kier molecular flexibility index (Phi) is 2.60. The van der Waals surface area contributed by atoms with Crippen LogP contribution in [0.25, 0.3) is 11.1 Å². The quantitative estimate of drug-likeness (QED) is 0.729. The maximum absolute atomic E-state index is 13.3. The van der Waals surface area contributed by atoms with Crippen molar-refractivity contribution < 1.29 is 8.78 Å². The fourth-order valence-corrected chi connectivity index (χ4v) is 1.49. The molecule has 2 aromatic carbocycles. The summed E-state index contributed by atoms with van der Waals surface area (Å²) >= 11 is 0. The molecule has 0 bridgehead atoms.